The van der Waals surface area contributed by atoms with Gasteiger partial charge in [0.25, 0.3) is 5.56 Å². The number of halogens is 3. The number of thiophene rings is 1. The van der Waals surface area contributed by atoms with Crippen molar-refractivity contribution in [2.45, 2.75) is 37.4 Å². The van der Waals surface area contributed by atoms with Gasteiger partial charge in [0.2, 0.25) is 5.91 Å². The molecule has 1 atom stereocenters. The van der Waals surface area contributed by atoms with E-state index in [0.717, 1.165) is 34.3 Å². The first-order valence-corrected chi connectivity index (χ1v) is 10.3. The number of hydrogen-bond acceptors (Lipinski definition) is 5. The van der Waals surface area contributed by atoms with Crippen LogP contribution in [-0.2, 0) is 18.0 Å². The van der Waals surface area contributed by atoms with Gasteiger partial charge in [0.1, 0.15) is 4.83 Å². The maximum absolute atomic E-state index is 12.7. The fourth-order valence-corrected chi connectivity index (χ4v) is 4.60. The molecule has 2 aromatic heterocycles. The predicted molar refractivity (Wildman–Crippen MR) is 110 cm³/mol. The van der Waals surface area contributed by atoms with Gasteiger partial charge in [-0.3, -0.25) is 14.2 Å². The van der Waals surface area contributed by atoms with E-state index < -0.39 is 22.9 Å². The van der Waals surface area contributed by atoms with Crippen molar-refractivity contribution in [1.29, 1.82) is 0 Å². The molecule has 0 radical (unpaired) electrons. The highest BCUT2D eigenvalue weighted by Crippen LogP contribution is 2.31. The minimum Gasteiger partial charge on any atom is -0.325 e. The number of nitrogens with one attached hydrogen (secondary N) is 1. The van der Waals surface area contributed by atoms with Gasteiger partial charge in [-0.2, -0.15) is 13.2 Å². The summed E-state index contributed by atoms with van der Waals surface area (Å²) in [7, 11) is 1.60. The highest BCUT2D eigenvalue weighted by atomic mass is 32.2. The number of aromatic nitrogens is 2. The van der Waals surface area contributed by atoms with E-state index in [4.69, 9.17) is 0 Å². The van der Waals surface area contributed by atoms with Crippen LogP contribution >= 0.6 is 23.1 Å². The fraction of sp³-hybridized carbons (Fsp3) is 0.316. The Labute approximate surface area is 173 Å². The summed E-state index contributed by atoms with van der Waals surface area (Å²) in [4.78, 5) is 31.3. The number of alkyl halides is 3. The Kier molecular flexibility index (Phi) is 5.77. The molecule has 0 saturated heterocycles. The van der Waals surface area contributed by atoms with Crippen molar-refractivity contribution in [3.63, 3.8) is 0 Å². The molecule has 0 aliphatic rings. The largest absolute Gasteiger partial charge is 0.416 e. The van der Waals surface area contributed by atoms with Gasteiger partial charge in [-0.25, -0.2) is 4.98 Å². The molecule has 29 heavy (non-hydrogen) atoms. The molecule has 1 aromatic carbocycles. The molecule has 10 heteroatoms. The van der Waals surface area contributed by atoms with E-state index in [9.17, 15) is 22.8 Å². The van der Waals surface area contributed by atoms with Crippen LogP contribution < -0.4 is 10.9 Å². The first kappa shape index (κ1) is 21.4. The van der Waals surface area contributed by atoms with Gasteiger partial charge in [-0.15, -0.1) is 11.3 Å². The highest BCUT2D eigenvalue weighted by Gasteiger charge is 2.30. The lowest BCUT2D eigenvalue weighted by Crippen LogP contribution is -2.25. The zero-order chi connectivity index (χ0) is 21.5. The summed E-state index contributed by atoms with van der Waals surface area (Å²) in [5.74, 6) is -0.400. The van der Waals surface area contributed by atoms with Gasteiger partial charge < -0.3 is 5.32 Å². The van der Waals surface area contributed by atoms with Gasteiger partial charge >= 0.3 is 6.18 Å². The molecule has 0 bridgehead atoms. The van der Waals surface area contributed by atoms with E-state index in [1.165, 1.54) is 28.0 Å². The minimum absolute atomic E-state index is 0.172. The van der Waals surface area contributed by atoms with Gasteiger partial charge in [0.15, 0.2) is 5.16 Å². The molecule has 1 amide bonds. The van der Waals surface area contributed by atoms with Crippen molar-refractivity contribution >= 4 is 44.9 Å². The summed E-state index contributed by atoms with van der Waals surface area (Å²) in [6, 6.07) is 4.23. The van der Waals surface area contributed by atoms with Crippen molar-refractivity contribution in [3.8, 4) is 0 Å². The lowest BCUT2D eigenvalue weighted by molar-refractivity contribution is -0.137. The van der Waals surface area contributed by atoms with Crippen molar-refractivity contribution < 1.29 is 18.0 Å². The van der Waals surface area contributed by atoms with Crippen LogP contribution in [0.5, 0.6) is 0 Å². The SMILES string of the molecule is Cc1sc2nc(SC(C)C(=O)Nc3ccc(C(F)(F)F)cc3)n(C)c(=O)c2c1C. The number of carbonyl (C=O) groups excluding carboxylic acids is 1. The van der Waals surface area contributed by atoms with Crippen LogP contribution in [-0.4, -0.2) is 20.7 Å². The molecule has 5 nitrogen and oxygen atoms in total. The molecule has 1 unspecified atom stereocenters. The van der Waals surface area contributed by atoms with Crippen molar-refractivity contribution in [1.82, 2.24) is 9.55 Å². The first-order valence-electron chi connectivity index (χ1n) is 8.60. The molecular weight excluding hydrogens is 423 g/mol. The smallest absolute Gasteiger partial charge is 0.325 e. The average Bonchev–Trinajstić information content (AvgIpc) is 2.93. The third-order valence-electron chi connectivity index (χ3n) is 4.50. The molecule has 1 N–H and O–H groups in total. The number of amides is 1. The lowest BCUT2D eigenvalue weighted by atomic mass is 10.2. The van der Waals surface area contributed by atoms with Crippen LogP contribution in [0.15, 0.2) is 34.2 Å². The minimum atomic E-state index is -4.43. The normalized spacial score (nSPS) is 12.9. The number of rotatable bonds is 4. The van der Waals surface area contributed by atoms with E-state index in [1.807, 2.05) is 13.8 Å². The maximum Gasteiger partial charge on any atom is 0.416 e. The van der Waals surface area contributed by atoms with Crippen LogP contribution in [0.25, 0.3) is 10.2 Å². The maximum atomic E-state index is 12.7. The third kappa shape index (κ3) is 4.32. The van der Waals surface area contributed by atoms with E-state index >= 15 is 0 Å². The summed E-state index contributed by atoms with van der Waals surface area (Å²) >= 11 is 2.54. The quantitative estimate of drug-likeness (QED) is 0.469. The molecular formula is C19H18F3N3O2S2. The molecule has 0 saturated carbocycles. The summed E-state index contributed by atoms with van der Waals surface area (Å²) in [5, 5.41) is 2.96. The topological polar surface area (TPSA) is 64.0 Å². The van der Waals surface area contributed by atoms with E-state index in [2.05, 4.69) is 10.3 Å². The number of nitrogens with zero attached hydrogens (tertiary/aromatic N) is 2. The number of carbonyl (C=O) groups is 1. The van der Waals surface area contributed by atoms with Crippen LogP contribution in [0.1, 0.15) is 22.9 Å². The van der Waals surface area contributed by atoms with E-state index in [1.54, 1.807) is 14.0 Å². The van der Waals surface area contributed by atoms with Gasteiger partial charge in [-0.05, 0) is 50.6 Å². The molecule has 154 valence electrons. The predicted octanol–water partition coefficient (Wildman–Crippen LogP) is 4.75. The molecule has 0 aliphatic carbocycles. The van der Waals surface area contributed by atoms with Crippen LogP contribution in [0.2, 0.25) is 0 Å². The fourth-order valence-electron chi connectivity index (χ4n) is 2.66. The molecule has 3 aromatic rings. The van der Waals surface area contributed by atoms with E-state index in [-0.39, 0.29) is 11.2 Å². The zero-order valence-electron chi connectivity index (χ0n) is 16.0. The van der Waals surface area contributed by atoms with Crippen LogP contribution in [0, 0.1) is 13.8 Å². The molecule has 3 rings (SSSR count). The average molecular weight is 442 g/mol. The Hall–Kier alpha value is -2.33. The molecule has 0 spiro atoms. The number of anilines is 1. The zero-order valence-corrected chi connectivity index (χ0v) is 17.7. The molecule has 0 fully saturated rings. The second kappa shape index (κ2) is 7.83. The Bertz CT molecular complexity index is 1130. The van der Waals surface area contributed by atoms with Gasteiger partial charge in [0, 0.05) is 17.6 Å². The van der Waals surface area contributed by atoms with Gasteiger partial charge in [0.05, 0.1) is 16.2 Å². The van der Waals surface area contributed by atoms with Crippen molar-refractivity contribution in [2.75, 3.05) is 5.32 Å². The Morgan fingerprint density at radius 2 is 1.86 bits per heavy atom. The second-order valence-electron chi connectivity index (χ2n) is 6.55. The van der Waals surface area contributed by atoms with Crippen molar-refractivity contribution in [3.05, 3.63) is 50.6 Å². The summed E-state index contributed by atoms with van der Waals surface area (Å²) in [6.45, 7) is 5.45. The number of benzene rings is 1. The standard InChI is InChI=1S/C19H18F3N3O2S2/c1-9-10(2)28-16-14(9)17(27)25(4)18(24-16)29-11(3)15(26)23-13-7-5-12(6-8-13)19(20,21)22/h5-8,11H,1-4H3,(H,23,26). The number of fused-ring (bicyclic) bond motifs is 1. The molecule has 0 aliphatic heterocycles. The van der Waals surface area contributed by atoms with E-state index in [0.29, 0.717) is 15.4 Å². The third-order valence-corrected chi connectivity index (χ3v) is 6.75. The highest BCUT2D eigenvalue weighted by molar-refractivity contribution is 8.00. The molecule has 2 heterocycles. The lowest BCUT2D eigenvalue weighted by Gasteiger charge is -2.14. The number of thioether (sulfide) groups is 1. The van der Waals surface area contributed by atoms with Crippen LogP contribution in [0.4, 0.5) is 18.9 Å². The van der Waals surface area contributed by atoms with Crippen molar-refractivity contribution in [2.24, 2.45) is 7.05 Å². The first-order chi connectivity index (χ1) is 13.5. The Balaban J connectivity index is 1.78. The van der Waals surface area contributed by atoms with Gasteiger partial charge in [-0.1, -0.05) is 11.8 Å². The van der Waals surface area contributed by atoms with Crippen LogP contribution in [0.3, 0.4) is 0 Å². The monoisotopic (exact) mass is 441 g/mol. The Morgan fingerprint density at radius 3 is 2.45 bits per heavy atom. The number of aryl methyl sites for hydroxylation is 2. The summed E-state index contributed by atoms with van der Waals surface area (Å²) in [6.07, 6.45) is -4.43. The second-order valence-corrected chi connectivity index (χ2v) is 9.06. The number of hydrogen-bond donors (Lipinski definition) is 1. The Morgan fingerprint density at radius 1 is 1.24 bits per heavy atom. The summed E-state index contributed by atoms with van der Waals surface area (Å²) in [5.41, 5.74) is 0.210. The summed E-state index contributed by atoms with van der Waals surface area (Å²) < 4.78 is 39.3.